The zero-order valence-electron chi connectivity index (χ0n) is 14.5. The number of carbonyl (C=O) groups excluding carboxylic acids is 2. The van der Waals surface area contributed by atoms with Gasteiger partial charge in [-0.1, -0.05) is 30.9 Å². The van der Waals surface area contributed by atoms with Crippen molar-refractivity contribution < 1.29 is 9.59 Å². The molecule has 1 aliphatic rings. The number of thiocarbonyl (C=S) groups is 1. The molecule has 0 radical (unpaired) electrons. The largest absolute Gasteiger partial charge is 0.336 e. The van der Waals surface area contributed by atoms with Crippen LogP contribution in [0.15, 0.2) is 53.5 Å². The maximum absolute atomic E-state index is 12.8. The van der Waals surface area contributed by atoms with Crippen molar-refractivity contribution in [3.8, 4) is 0 Å². The van der Waals surface area contributed by atoms with Crippen LogP contribution in [0.5, 0.6) is 0 Å². The molecule has 4 nitrogen and oxygen atoms in total. The van der Waals surface area contributed by atoms with E-state index in [1.807, 2.05) is 54.5 Å². The van der Waals surface area contributed by atoms with Crippen molar-refractivity contribution in [3.63, 3.8) is 0 Å². The van der Waals surface area contributed by atoms with Crippen molar-refractivity contribution in [1.29, 1.82) is 0 Å². The number of benzene rings is 1. The minimum absolute atomic E-state index is 0.140. The van der Waals surface area contributed by atoms with E-state index in [2.05, 4.69) is 6.58 Å². The fourth-order valence-electron chi connectivity index (χ4n) is 2.82. The lowest BCUT2D eigenvalue weighted by molar-refractivity contribution is -0.122. The van der Waals surface area contributed by atoms with Gasteiger partial charge in [-0.2, -0.15) is 0 Å². The molecule has 0 saturated carbocycles. The highest BCUT2D eigenvalue weighted by molar-refractivity contribution is 8.02. The third-order valence-electron chi connectivity index (χ3n) is 4.22. The molecule has 25 heavy (non-hydrogen) atoms. The molecule has 6 heteroatoms. The molecular formula is C19H22N2O2S2. The number of hydrogen-bond acceptors (Lipinski definition) is 4. The summed E-state index contributed by atoms with van der Waals surface area (Å²) in [4.78, 5) is 28.5. The van der Waals surface area contributed by atoms with Crippen molar-refractivity contribution in [2.75, 3.05) is 17.7 Å². The second-order valence-corrected chi connectivity index (χ2v) is 6.93. The van der Waals surface area contributed by atoms with Gasteiger partial charge in [0.05, 0.1) is 5.69 Å². The van der Waals surface area contributed by atoms with Gasteiger partial charge < -0.3 is 9.69 Å². The van der Waals surface area contributed by atoms with Crippen LogP contribution in [0, 0.1) is 0 Å². The van der Waals surface area contributed by atoms with Gasteiger partial charge in [-0.25, -0.2) is 0 Å². The normalized spacial score (nSPS) is 18.4. The number of allylic oxidation sites excluding steroid dienone is 2. The maximum atomic E-state index is 12.8. The predicted octanol–water partition coefficient (Wildman–Crippen LogP) is 3.79. The molecule has 0 bridgehead atoms. The van der Waals surface area contributed by atoms with Crippen molar-refractivity contribution in [2.45, 2.75) is 25.8 Å². The van der Waals surface area contributed by atoms with Gasteiger partial charge in [0.2, 0.25) is 0 Å². The van der Waals surface area contributed by atoms with Crippen LogP contribution in [0.1, 0.15) is 19.8 Å². The van der Waals surface area contributed by atoms with E-state index in [-0.39, 0.29) is 12.3 Å². The summed E-state index contributed by atoms with van der Waals surface area (Å²) in [5, 5.41) is 0.458. The van der Waals surface area contributed by atoms with E-state index in [9.17, 15) is 9.59 Å². The lowest BCUT2D eigenvalue weighted by atomic mass is 10.1. The van der Waals surface area contributed by atoms with E-state index in [4.69, 9.17) is 12.2 Å². The van der Waals surface area contributed by atoms with Crippen LogP contribution in [-0.4, -0.2) is 41.0 Å². The highest BCUT2D eigenvalue weighted by Gasteiger charge is 2.42. The van der Waals surface area contributed by atoms with Gasteiger partial charge in [0.25, 0.3) is 5.91 Å². The molecule has 1 unspecified atom stereocenters. The number of aldehydes is 1. The lowest BCUT2D eigenvalue weighted by Crippen LogP contribution is -2.36. The Kier molecular flexibility index (Phi) is 6.96. The first-order valence-electron chi connectivity index (χ1n) is 8.04. The first-order valence-corrected chi connectivity index (χ1v) is 9.67. The van der Waals surface area contributed by atoms with Crippen LogP contribution in [0.25, 0.3) is 0 Å². The molecule has 1 atom stereocenters. The summed E-state index contributed by atoms with van der Waals surface area (Å²) in [5.41, 5.74) is 1.86. The molecule has 1 fully saturated rings. The average Bonchev–Trinajstić information content (AvgIpc) is 2.86. The van der Waals surface area contributed by atoms with E-state index in [0.29, 0.717) is 11.7 Å². The van der Waals surface area contributed by atoms with Crippen LogP contribution in [-0.2, 0) is 9.59 Å². The summed E-state index contributed by atoms with van der Waals surface area (Å²) in [6, 6.07) is 8.79. The minimum Gasteiger partial charge on any atom is -0.336 e. The first kappa shape index (κ1) is 19.4. The van der Waals surface area contributed by atoms with E-state index >= 15 is 0 Å². The quantitative estimate of drug-likeness (QED) is 0.393. The topological polar surface area (TPSA) is 40.6 Å². The van der Waals surface area contributed by atoms with Crippen LogP contribution in [0.2, 0.25) is 0 Å². The molecule has 1 amide bonds. The SMILES string of the molecule is C=C/C(C)=C(/CCN1C(=S)N(c2ccccc2)C(=O)C1CC=O)SC. The van der Waals surface area contributed by atoms with Crippen molar-refractivity contribution >= 4 is 47.0 Å². The average molecular weight is 375 g/mol. The fourth-order valence-corrected chi connectivity index (χ4v) is 3.93. The highest BCUT2D eigenvalue weighted by Crippen LogP contribution is 2.29. The Morgan fingerprint density at radius 2 is 2.04 bits per heavy atom. The highest BCUT2D eigenvalue weighted by atomic mass is 32.2. The van der Waals surface area contributed by atoms with Gasteiger partial charge >= 0.3 is 0 Å². The summed E-state index contributed by atoms with van der Waals surface area (Å²) in [5.74, 6) is -0.140. The van der Waals surface area contributed by atoms with Crippen molar-refractivity contribution in [3.05, 3.63) is 53.5 Å². The van der Waals surface area contributed by atoms with Crippen LogP contribution in [0.3, 0.4) is 0 Å². The standard InChI is InChI=1S/C19H22N2O2S2/c1-4-14(2)17(25-3)10-12-20-16(11-13-22)18(23)21(19(20)24)15-8-6-5-7-9-15/h4-9,13,16H,1,10-12H2,2-3H3/b17-14-. The van der Waals surface area contributed by atoms with Gasteiger partial charge in [-0.3, -0.25) is 9.69 Å². The summed E-state index contributed by atoms with van der Waals surface area (Å²) in [6.07, 6.45) is 5.53. The third-order valence-corrected chi connectivity index (χ3v) is 5.66. The Morgan fingerprint density at radius 1 is 1.36 bits per heavy atom. The monoisotopic (exact) mass is 374 g/mol. The zero-order chi connectivity index (χ0) is 18.4. The Hall–Kier alpha value is -1.92. The van der Waals surface area contributed by atoms with Gasteiger partial charge in [-0.05, 0) is 54.4 Å². The number of anilines is 1. The van der Waals surface area contributed by atoms with Gasteiger partial charge in [0.1, 0.15) is 12.3 Å². The summed E-state index contributed by atoms with van der Waals surface area (Å²) >= 11 is 7.24. The third kappa shape index (κ3) is 4.19. The number of amides is 1. The number of rotatable bonds is 8. The van der Waals surface area contributed by atoms with E-state index in [1.165, 1.54) is 9.81 Å². The number of nitrogens with zero attached hydrogens (tertiary/aromatic N) is 2. The molecule has 0 aromatic heterocycles. The van der Waals surface area contributed by atoms with Crippen LogP contribution < -0.4 is 4.90 Å². The van der Waals surface area contributed by atoms with Gasteiger partial charge in [0.15, 0.2) is 5.11 Å². The second-order valence-electron chi connectivity index (χ2n) is 5.67. The smallest absolute Gasteiger partial charge is 0.256 e. The van der Waals surface area contributed by atoms with Crippen molar-refractivity contribution in [2.24, 2.45) is 0 Å². The number of para-hydroxylation sites is 1. The van der Waals surface area contributed by atoms with Crippen LogP contribution >= 0.6 is 24.0 Å². The molecule has 1 aliphatic heterocycles. The lowest BCUT2D eigenvalue weighted by Gasteiger charge is -2.23. The van der Waals surface area contributed by atoms with E-state index in [1.54, 1.807) is 11.8 Å². The van der Waals surface area contributed by atoms with Gasteiger partial charge in [0, 0.05) is 13.0 Å². The Balaban J connectivity index is 2.26. The van der Waals surface area contributed by atoms with E-state index < -0.39 is 6.04 Å². The second kappa shape index (κ2) is 8.97. The summed E-state index contributed by atoms with van der Waals surface area (Å²) < 4.78 is 0. The zero-order valence-corrected chi connectivity index (χ0v) is 16.1. The summed E-state index contributed by atoms with van der Waals surface area (Å²) in [7, 11) is 0. The van der Waals surface area contributed by atoms with E-state index in [0.717, 1.165) is 24.0 Å². The molecule has 1 saturated heterocycles. The molecular weight excluding hydrogens is 352 g/mol. The number of thioether (sulfide) groups is 1. The van der Waals surface area contributed by atoms with Crippen molar-refractivity contribution in [1.82, 2.24) is 4.90 Å². The Labute approximate surface area is 158 Å². The molecule has 1 aromatic carbocycles. The molecule has 132 valence electrons. The Morgan fingerprint density at radius 3 is 2.60 bits per heavy atom. The molecule has 2 rings (SSSR count). The predicted molar refractivity (Wildman–Crippen MR) is 109 cm³/mol. The molecule has 0 N–H and O–H groups in total. The maximum Gasteiger partial charge on any atom is 0.256 e. The molecule has 1 heterocycles. The van der Waals surface area contributed by atoms with Gasteiger partial charge in [-0.15, -0.1) is 11.8 Å². The minimum atomic E-state index is -0.530. The number of carbonyl (C=O) groups is 2. The Bertz CT molecular complexity index is 701. The van der Waals surface area contributed by atoms with Crippen LogP contribution in [0.4, 0.5) is 5.69 Å². The fraction of sp³-hybridized carbons (Fsp3) is 0.316. The molecule has 0 aliphatic carbocycles. The first-order chi connectivity index (χ1) is 12.0. The molecule has 1 aromatic rings. The summed E-state index contributed by atoms with van der Waals surface area (Å²) in [6.45, 7) is 6.42. The number of hydrogen-bond donors (Lipinski definition) is 0. The molecule has 0 spiro atoms.